The van der Waals surface area contributed by atoms with Crippen LogP contribution < -0.4 is 15.4 Å². The molecule has 1 aromatic carbocycles. The van der Waals surface area contributed by atoms with Crippen LogP contribution in [-0.4, -0.2) is 75.7 Å². The number of hydrogen-bond donors (Lipinski definition) is 2. The summed E-state index contributed by atoms with van der Waals surface area (Å²) in [7, 11) is 3.90. The molecule has 1 aromatic rings. The van der Waals surface area contributed by atoms with Gasteiger partial charge < -0.3 is 20.3 Å². The number of piperazine rings is 1. The van der Waals surface area contributed by atoms with Gasteiger partial charge in [-0.15, -0.1) is 12.4 Å². The summed E-state index contributed by atoms with van der Waals surface area (Å²) in [4.78, 5) is 16.2. The van der Waals surface area contributed by atoms with Crippen LogP contribution in [0.15, 0.2) is 24.3 Å². The fraction of sp³-hybridized carbons (Fsp3) is 0.562. The monoisotopic (exact) mass is 342 g/mol. The molecule has 0 aliphatic carbocycles. The summed E-state index contributed by atoms with van der Waals surface area (Å²) in [5, 5.41) is 5.63. The van der Waals surface area contributed by atoms with E-state index in [-0.39, 0.29) is 18.3 Å². The van der Waals surface area contributed by atoms with E-state index in [2.05, 4.69) is 27.5 Å². The van der Waals surface area contributed by atoms with Gasteiger partial charge in [-0.05, 0) is 38.4 Å². The molecule has 1 fully saturated rings. The van der Waals surface area contributed by atoms with Crippen molar-refractivity contribution in [2.45, 2.75) is 0 Å². The van der Waals surface area contributed by atoms with Crippen LogP contribution in [0.25, 0.3) is 0 Å². The molecule has 2 rings (SSSR count). The van der Waals surface area contributed by atoms with Crippen molar-refractivity contribution >= 4 is 24.0 Å². The minimum absolute atomic E-state index is 0. The number of hydrogen-bond acceptors (Lipinski definition) is 5. The van der Waals surface area contributed by atoms with E-state index in [4.69, 9.17) is 4.74 Å². The van der Waals surface area contributed by atoms with Gasteiger partial charge >= 0.3 is 0 Å². The first-order valence-corrected chi connectivity index (χ1v) is 7.75. The quantitative estimate of drug-likeness (QED) is 0.771. The first-order valence-electron chi connectivity index (χ1n) is 7.75. The summed E-state index contributed by atoms with van der Waals surface area (Å²) in [5.74, 6) is 0.784. The van der Waals surface area contributed by atoms with Gasteiger partial charge in [0.1, 0.15) is 12.4 Å². The molecule has 0 saturated carbocycles. The van der Waals surface area contributed by atoms with Gasteiger partial charge in [0.05, 0.1) is 6.54 Å². The van der Waals surface area contributed by atoms with Gasteiger partial charge in [0.2, 0.25) is 5.91 Å². The van der Waals surface area contributed by atoms with E-state index in [1.165, 1.54) is 0 Å². The third-order valence-electron chi connectivity index (χ3n) is 3.75. The van der Waals surface area contributed by atoms with Crippen LogP contribution in [0.3, 0.4) is 0 Å². The molecular formula is C16H27ClN4O2. The second-order valence-corrected chi connectivity index (χ2v) is 5.60. The van der Waals surface area contributed by atoms with Crippen molar-refractivity contribution in [1.29, 1.82) is 0 Å². The van der Waals surface area contributed by atoms with E-state index in [0.717, 1.165) is 44.2 Å². The lowest BCUT2D eigenvalue weighted by atomic mass is 10.3. The van der Waals surface area contributed by atoms with E-state index in [1.807, 2.05) is 24.3 Å². The Kier molecular flexibility index (Phi) is 8.94. The maximum absolute atomic E-state index is 11.5. The number of anilines is 1. The van der Waals surface area contributed by atoms with Crippen LogP contribution in [0.2, 0.25) is 0 Å². The molecule has 0 atom stereocenters. The molecule has 2 N–H and O–H groups in total. The van der Waals surface area contributed by atoms with Crippen LogP contribution in [0.5, 0.6) is 5.75 Å². The summed E-state index contributed by atoms with van der Waals surface area (Å²) in [6.07, 6.45) is 0. The minimum Gasteiger partial charge on any atom is -0.492 e. The summed E-state index contributed by atoms with van der Waals surface area (Å²) >= 11 is 0. The highest BCUT2D eigenvalue weighted by molar-refractivity contribution is 5.92. The molecule has 0 bridgehead atoms. The number of likely N-dealkylation sites (N-methyl/N-ethyl adjacent to an activating group) is 2. The first-order chi connectivity index (χ1) is 10.7. The number of carbonyl (C=O) groups is 1. The zero-order valence-electron chi connectivity index (χ0n) is 13.9. The molecule has 1 aliphatic rings. The largest absolute Gasteiger partial charge is 0.492 e. The van der Waals surface area contributed by atoms with Crippen molar-refractivity contribution in [2.75, 3.05) is 65.3 Å². The van der Waals surface area contributed by atoms with E-state index in [9.17, 15) is 4.79 Å². The Balaban J connectivity index is 0.00000264. The van der Waals surface area contributed by atoms with Gasteiger partial charge in [-0.25, -0.2) is 0 Å². The highest BCUT2D eigenvalue weighted by atomic mass is 35.5. The van der Waals surface area contributed by atoms with Crippen molar-refractivity contribution in [3.8, 4) is 5.75 Å². The van der Waals surface area contributed by atoms with Gasteiger partial charge in [0, 0.05) is 38.4 Å². The summed E-state index contributed by atoms with van der Waals surface area (Å²) < 4.78 is 5.76. The normalized spacial score (nSPS) is 15.7. The molecule has 7 heteroatoms. The van der Waals surface area contributed by atoms with Crippen LogP contribution in [0.1, 0.15) is 0 Å². The highest BCUT2D eigenvalue weighted by Gasteiger charge is 2.13. The second-order valence-electron chi connectivity index (χ2n) is 5.60. The Hall–Kier alpha value is -1.34. The lowest BCUT2D eigenvalue weighted by Crippen LogP contribution is -2.45. The van der Waals surface area contributed by atoms with Gasteiger partial charge in [-0.3, -0.25) is 9.69 Å². The third-order valence-corrected chi connectivity index (χ3v) is 3.75. The zero-order valence-corrected chi connectivity index (χ0v) is 14.7. The molecule has 130 valence electrons. The number of nitrogens with zero attached hydrogens (tertiary/aromatic N) is 2. The number of rotatable bonds is 7. The van der Waals surface area contributed by atoms with Crippen molar-refractivity contribution in [3.05, 3.63) is 24.3 Å². The fourth-order valence-electron chi connectivity index (χ4n) is 2.36. The Morgan fingerprint density at radius 2 is 1.83 bits per heavy atom. The standard InChI is InChI=1S/C16H26N4O2.ClH/c1-17-13-16(21)18-14-3-5-15(6-4-14)22-12-11-20-9-7-19(2)8-10-20;/h3-6,17H,7-13H2,1-2H3,(H,18,21);1H. The predicted octanol–water partition coefficient (Wildman–Crippen LogP) is 0.892. The van der Waals surface area contributed by atoms with E-state index in [0.29, 0.717) is 13.2 Å². The summed E-state index contributed by atoms with van der Waals surface area (Å²) in [6.45, 7) is 6.42. The molecule has 1 amide bonds. The van der Waals surface area contributed by atoms with E-state index in [1.54, 1.807) is 7.05 Å². The molecule has 0 unspecified atom stereocenters. The van der Waals surface area contributed by atoms with Gasteiger partial charge in [0.15, 0.2) is 0 Å². The number of amides is 1. The number of halogens is 1. The molecule has 1 heterocycles. The second kappa shape index (κ2) is 10.4. The minimum atomic E-state index is -0.0498. The maximum atomic E-state index is 11.5. The molecule has 1 saturated heterocycles. The lowest BCUT2D eigenvalue weighted by molar-refractivity contribution is -0.115. The zero-order chi connectivity index (χ0) is 15.8. The average molecular weight is 343 g/mol. The number of ether oxygens (including phenoxy) is 1. The lowest BCUT2D eigenvalue weighted by Gasteiger charge is -2.32. The van der Waals surface area contributed by atoms with Crippen molar-refractivity contribution in [2.24, 2.45) is 0 Å². The first kappa shape index (κ1) is 19.7. The molecular weight excluding hydrogens is 316 g/mol. The summed E-state index contributed by atoms with van der Waals surface area (Å²) in [5.41, 5.74) is 0.784. The van der Waals surface area contributed by atoms with Crippen molar-refractivity contribution in [1.82, 2.24) is 15.1 Å². The van der Waals surface area contributed by atoms with E-state index < -0.39 is 0 Å². The molecule has 0 radical (unpaired) electrons. The fourth-order valence-corrected chi connectivity index (χ4v) is 2.36. The highest BCUT2D eigenvalue weighted by Crippen LogP contribution is 2.15. The number of benzene rings is 1. The molecule has 6 nitrogen and oxygen atoms in total. The number of carbonyl (C=O) groups excluding carboxylic acids is 1. The van der Waals surface area contributed by atoms with E-state index >= 15 is 0 Å². The smallest absolute Gasteiger partial charge is 0.238 e. The van der Waals surface area contributed by atoms with Crippen LogP contribution >= 0.6 is 12.4 Å². The van der Waals surface area contributed by atoms with Gasteiger partial charge in [0.25, 0.3) is 0 Å². The van der Waals surface area contributed by atoms with Crippen LogP contribution in [0.4, 0.5) is 5.69 Å². The Morgan fingerprint density at radius 1 is 1.17 bits per heavy atom. The van der Waals surface area contributed by atoms with Gasteiger partial charge in [-0.2, -0.15) is 0 Å². The predicted molar refractivity (Wildman–Crippen MR) is 95.7 cm³/mol. The van der Waals surface area contributed by atoms with Crippen molar-refractivity contribution < 1.29 is 9.53 Å². The summed E-state index contributed by atoms with van der Waals surface area (Å²) in [6, 6.07) is 7.50. The topological polar surface area (TPSA) is 56.8 Å². The molecule has 0 spiro atoms. The Labute approximate surface area is 144 Å². The van der Waals surface area contributed by atoms with Crippen LogP contribution in [0, 0.1) is 0 Å². The SMILES string of the molecule is CNCC(=O)Nc1ccc(OCCN2CCN(C)CC2)cc1.Cl. The molecule has 1 aliphatic heterocycles. The van der Waals surface area contributed by atoms with Gasteiger partial charge in [-0.1, -0.05) is 0 Å². The number of nitrogens with one attached hydrogen (secondary N) is 2. The molecule has 0 aromatic heterocycles. The third kappa shape index (κ3) is 7.18. The molecule has 23 heavy (non-hydrogen) atoms. The van der Waals surface area contributed by atoms with Crippen LogP contribution in [-0.2, 0) is 4.79 Å². The Bertz CT molecular complexity index is 462. The average Bonchev–Trinajstić information content (AvgIpc) is 2.51. The van der Waals surface area contributed by atoms with Crippen molar-refractivity contribution in [3.63, 3.8) is 0 Å². The Morgan fingerprint density at radius 3 is 2.43 bits per heavy atom. The maximum Gasteiger partial charge on any atom is 0.238 e.